The fourth-order valence-electron chi connectivity index (χ4n) is 2.22. The molecule has 1 aromatic heterocycles. The number of rotatable bonds is 8. The molecule has 0 aliphatic carbocycles. The van der Waals surface area contributed by atoms with Gasteiger partial charge in [0.1, 0.15) is 10.6 Å². The van der Waals surface area contributed by atoms with Crippen molar-refractivity contribution in [3.05, 3.63) is 18.0 Å². The van der Waals surface area contributed by atoms with Crippen LogP contribution in [0.25, 0.3) is 0 Å². The second kappa shape index (κ2) is 7.09. The molecule has 0 aliphatic heterocycles. The molecule has 7 heteroatoms. The number of sulfonamides is 1. The highest BCUT2D eigenvalue weighted by atomic mass is 32.2. The highest BCUT2D eigenvalue weighted by molar-refractivity contribution is 7.89. The Bertz CT molecular complexity index is 592. The van der Waals surface area contributed by atoms with Crippen molar-refractivity contribution in [1.82, 2.24) is 9.29 Å². The molecule has 1 aromatic rings. The van der Waals surface area contributed by atoms with Crippen molar-refractivity contribution in [3.8, 4) is 0 Å². The highest BCUT2D eigenvalue weighted by Crippen LogP contribution is 2.17. The molecule has 1 rings (SSSR count). The van der Waals surface area contributed by atoms with E-state index in [-0.39, 0.29) is 16.6 Å². The van der Waals surface area contributed by atoms with Crippen LogP contribution in [0.4, 0.5) is 0 Å². The third-order valence-electron chi connectivity index (χ3n) is 3.55. The third kappa shape index (κ3) is 4.57. The highest BCUT2D eigenvalue weighted by Gasteiger charge is 2.23. The quantitative estimate of drug-likeness (QED) is 0.770. The summed E-state index contributed by atoms with van der Waals surface area (Å²) in [5.41, 5.74) is -0.0209. The van der Waals surface area contributed by atoms with Gasteiger partial charge in [-0.05, 0) is 32.3 Å². The number of nitrogens with one attached hydrogen (secondary N) is 1. The molecular weight excluding hydrogens is 292 g/mol. The normalized spacial score (nSPS) is 14.9. The molecule has 6 nitrogen and oxygen atoms in total. The maximum atomic E-state index is 12.3. The van der Waals surface area contributed by atoms with Crippen LogP contribution in [0.15, 0.2) is 17.2 Å². The minimum Gasteiger partial charge on any atom is -0.477 e. The molecule has 0 aliphatic rings. The maximum absolute atomic E-state index is 12.3. The number of hydrogen-bond acceptors (Lipinski definition) is 3. The lowest BCUT2D eigenvalue weighted by molar-refractivity contribution is 0.0685. The predicted molar refractivity (Wildman–Crippen MR) is 80.9 cm³/mol. The standard InChI is InChI=1S/C14H24N2O4S/c1-5-10(3)7-11(4)15-21(19,20)12-8-13(14(17)18)16(6-2)9-12/h8-11,15H,5-7H2,1-4H3,(H,17,18). The average Bonchev–Trinajstić information content (AvgIpc) is 2.82. The number of nitrogens with zero attached hydrogens (tertiary/aromatic N) is 1. The summed E-state index contributed by atoms with van der Waals surface area (Å²) >= 11 is 0. The van der Waals surface area contributed by atoms with Crippen molar-refractivity contribution in [2.24, 2.45) is 5.92 Å². The Morgan fingerprint density at radius 1 is 1.38 bits per heavy atom. The summed E-state index contributed by atoms with van der Waals surface area (Å²) < 4.78 is 28.6. The lowest BCUT2D eigenvalue weighted by Crippen LogP contribution is -2.33. The molecule has 0 spiro atoms. The average molecular weight is 316 g/mol. The van der Waals surface area contributed by atoms with Crippen LogP contribution in [0.3, 0.4) is 0 Å². The van der Waals surface area contributed by atoms with Crippen LogP contribution in [-0.2, 0) is 16.6 Å². The minimum atomic E-state index is -3.69. The van der Waals surface area contributed by atoms with E-state index in [4.69, 9.17) is 5.11 Å². The number of aromatic nitrogens is 1. The van der Waals surface area contributed by atoms with Gasteiger partial charge in [-0.3, -0.25) is 0 Å². The van der Waals surface area contributed by atoms with Crippen LogP contribution in [0.1, 0.15) is 51.0 Å². The first-order chi connectivity index (χ1) is 9.71. The van der Waals surface area contributed by atoms with Crippen LogP contribution in [0, 0.1) is 5.92 Å². The molecule has 0 amide bonds. The lowest BCUT2D eigenvalue weighted by atomic mass is 10.0. The predicted octanol–water partition coefficient (Wildman–Crippen LogP) is 2.31. The first-order valence-corrected chi connectivity index (χ1v) is 8.65. The number of carboxylic acids is 1. The monoisotopic (exact) mass is 316 g/mol. The van der Waals surface area contributed by atoms with Crippen molar-refractivity contribution >= 4 is 16.0 Å². The van der Waals surface area contributed by atoms with Gasteiger partial charge in [0.15, 0.2) is 0 Å². The molecule has 0 aromatic carbocycles. The second-order valence-corrected chi connectivity index (χ2v) is 7.14. The molecule has 2 unspecified atom stereocenters. The van der Waals surface area contributed by atoms with Gasteiger partial charge in [-0.1, -0.05) is 20.3 Å². The van der Waals surface area contributed by atoms with Crippen LogP contribution >= 0.6 is 0 Å². The number of aromatic carboxylic acids is 1. The SMILES string of the molecule is CCC(C)CC(C)NS(=O)(=O)c1cc(C(=O)O)n(CC)c1. The molecule has 0 bridgehead atoms. The van der Waals surface area contributed by atoms with Crippen molar-refractivity contribution in [2.75, 3.05) is 0 Å². The smallest absolute Gasteiger partial charge is 0.352 e. The Morgan fingerprint density at radius 2 is 2.00 bits per heavy atom. The maximum Gasteiger partial charge on any atom is 0.352 e. The topological polar surface area (TPSA) is 88.4 Å². The van der Waals surface area contributed by atoms with E-state index < -0.39 is 16.0 Å². The van der Waals surface area contributed by atoms with E-state index in [9.17, 15) is 13.2 Å². The molecule has 120 valence electrons. The molecule has 0 radical (unpaired) electrons. The Labute approximate surface area is 126 Å². The molecule has 1 heterocycles. The Kier molecular flexibility index (Phi) is 5.98. The lowest BCUT2D eigenvalue weighted by Gasteiger charge is -2.17. The Morgan fingerprint density at radius 3 is 2.43 bits per heavy atom. The van der Waals surface area contributed by atoms with Gasteiger partial charge in [0.25, 0.3) is 0 Å². The van der Waals surface area contributed by atoms with Gasteiger partial charge < -0.3 is 9.67 Å². The van der Waals surface area contributed by atoms with Crippen LogP contribution in [0.5, 0.6) is 0 Å². The zero-order valence-corrected chi connectivity index (χ0v) is 13.8. The molecule has 21 heavy (non-hydrogen) atoms. The van der Waals surface area contributed by atoms with E-state index in [1.807, 2.05) is 6.92 Å². The number of hydrogen-bond donors (Lipinski definition) is 2. The van der Waals surface area contributed by atoms with Gasteiger partial charge in [-0.15, -0.1) is 0 Å². The van der Waals surface area contributed by atoms with Crippen molar-refractivity contribution in [3.63, 3.8) is 0 Å². The molecule has 0 saturated heterocycles. The number of carboxylic acid groups (broad SMARTS) is 1. The summed E-state index contributed by atoms with van der Waals surface area (Å²) in [6.45, 7) is 8.12. The van der Waals surface area contributed by atoms with E-state index in [0.29, 0.717) is 12.5 Å². The van der Waals surface area contributed by atoms with E-state index in [2.05, 4.69) is 18.6 Å². The second-order valence-electron chi connectivity index (χ2n) is 5.42. The Balaban J connectivity index is 2.95. The Hall–Kier alpha value is -1.34. The number of aryl methyl sites for hydroxylation is 1. The summed E-state index contributed by atoms with van der Waals surface area (Å²) in [4.78, 5) is 11.1. The zero-order valence-electron chi connectivity index (χ0n) is 13.0. The summed E-state index contributed by atoms with van der Waals surface area (Å²) in [5.74, 6) is -0.705. The third-order valence-corrected chi connectivity index (χ3v) is 5.11. The van der Waals surface area contributed by atoms with Gasteiger partial charge >= 0.3 is 5.97 Å². The van der Waals surface area contributed by atoms with Crippen LogP contribution < -0.4 is 4.72 Å². The first kappa shape index (κ1) is 17.7. The molecule has 0 saturated carbocycles. The molecule has 2 atom stereocenters. The molecule has 2 N–H and O–H groups in total. The fraction of sp³-hybridized carbons (Fsp3) is 0.643. The number of carbonyl (C=O) groups is 1. The van der Waals surface area contributed by atoms with Gasteiger partial charge in [0, 0.05) is 18.8 Å². The molecular formula is C14H24N2O4S. The zero-order chi connectivity index (χ0) is 16.2. The van der Waals surface area contributed by atoms with Gasteiger partial charge in [-0.2, -0.15) is 0 Å². The van der Waals surface area contributed by atoms with E-state index in [1.54, 1.807) is 6.92 Å². The van der Waals surface area contributed by atoms with Crippen molar-refractivity contribution in [2.45, 2.75) is 58.0 Å². The minimum absolute atomic E-state index is 0.00208. The van der Waals surface area contributed by atoms with Crippen molar-refractivity contribution in [1.29, 1.82) is 0 Å². The van der Waals surface area contributed by atoms with Gasteiger partial charge in [0.05, 0.1) is 0 Å². The first-order valence-electron chi connectivity index (χ1n) is 7.17. The van der Waals surface area contributed by atoms with E-state index >= 15 is 0 Å². The summed E-state index contributed by atoms with van der Waals surface area (Å²) in [5, 5.41) is 9.07. The van der Waals surface area contributed by atoms with Gasteiger partial charge in [0.2, 0.25) is 10.0 Å². The van der Waals surface area contributed by atoms with Crippen LogP contribution in [0.2, 0.25) is 0 Å². The van der Waals surface area contributed by atoms with Crippen LogP contribution in [-0.4, -0.2) is 30.1 Å². The van der Waals surface area contributed by atoms with Crippen molar-refractivity contribution < 1.29 is 18.3 Å². The largest absolute Gasteiger partial charge is 0.477 e. The van der Waals surface area contributed by atoms with E-state index in [1.165, 1.54) is 16.8 Å². The van der Waals surface area contributed by atoms with Gasteiger partial charge in [-0.25, -0.2) is 17.9 Å². The summed E-state index contributed by atoms with van der Waals surface area (Å²) in [7, 11) is -3.69. The fourth-order valence-corrected chi connectivity index (χ4v) is 3.52. The molecule has 0 fully saturated rings. The summed E-state index contributed by atoms with van der Waals surface area (Å²) in [6.07, 6.45) is 3.10. The summed E-state index contributed by atoms with van der Waals surface area (Å²) in [6, 6.07) is 1.01. The van der Waals surface area contributed by atoms with E-state index in [0.717, 1.165) is 12.8 Å².